The smallest absolute Gasteiger partial charge is 0.337 e. The van der Waals surface area contributed by atoms with Gasteiger partial charge < -0.3 is 14.8 Å². The summed E-state index contributed by atoms with van der Waals surface area (Å²) in [6.45, 7) is 0. The zero-order chi connectivity index (χ0) is 17.5. The summed E-state index contributed by atoms with van der Waals surface area (Å²) in [7, 11) is 2.85. The van der Waals surface area contributed by atoms with Crippen molar-refractivity contribution < 1.29 is 19.1 Å². The van der Waals surface area contributed by atoms with Gasteiger partial charge in [0.05, 0.1) is 19.8 Å². The van der Waals surface area contributed by atoms with Crippen LogP contribution in [0, 0.1) is 0 Å². The van der Waals surface area contributed by atoms with Gasteiger partial charge in [0.15, 0.2) is 5.11 Å². The SMILES string of the molecule is COC(=O)c1ccc(NC(=S)NC(=O)c2cccc(OC)c2)cc1. The Labute approximate surface area is 144 Å². The molecule has 0 spiro atoms. The Kier molecular flexibility index (Phi) is 5.86. The maximum Gasteiger partial charge on any atom is 0.337 e. The highest BCUT2D eigenvalue weighted by Crippen LogP contribution is 2.13. The number of carbonyl (C=O) groups is 2. The normalized spacial score (nSPS) is 9.75. The molecule has 124 valence electrons. The number of thiocarbonyl (C=S) groups is 1. The first-order chi connectivity index (χ1) is 11.5. The minimum absolute atomic E-state index is 0.147. The minimum atomic E-state index is -0.421. The van der Waals surface area contributed by atoms with Crippen LogP contribution < -0.4 is 15.4 Å². The van der Waals surface area contributed by atoms with Crippen LogP contribution in [0.1, 0.15) is 20.7 Å². The Balaban J connectivity index is 1.97. The highest BCUT2D eigenvalue weighted by molar-refractivity contribution is 7.80. The average Bonchev–Trinajstić information content (AvgIpc) is 2.61. The van der Waals surface area contributed by atoms with Gasteiger partial charge in [-0.05, 0) is 54.7 Å². The second-order valence-electron chi connectivity index (χ2n) is 4.71. The molecule has 0 bridgehead atoms. The van der Waals surface area contributed by atoms with Crippen molar-refractivity contribution in [1.82, 2.24) is 5.32 Å². The first-order valence-electron chi connectivity index (χ1n) is 6.98. The zero-order valence-corrected chi connectivity index (χ0v) is 14.0. The van der Waals surface area contributed by atoms with Crippen LogP contribution in [-0.4, -0.2) is 31.2 Å². The Morgan fingerprint density at radius 2 is 1.71 bits per heavy atom. The maximum absolute atomic E-state index is 12.1. The standard InChI is InChI=1S/C17H16N2O4S/c1-22-14-5-3-4-12(10-14)15(20)19-17(24)18-13-8-6-11(7-9-13)16(21)23-2/h3-10H,1-2H3,(H2,18,19,20,24). The van der Waals surface area contributed by atoms with Gasteiger partial charge in [-0.2, -0.15) is 0 Å². The minimum Gasteiger partial charge on any atom is -0.497 e. The number of rotatable bonds is 4. The number of methoxy groups -OCH3 is 2. The largest absolute Gasteiger partial charge is 0.497 e. The molecule has 2 aromatic rings. The van der Waals surface area contributed by atoms with E-state index in [-0.39, 0.29) is 11.0 Å². The third-order valence-electron chi connectivity index (χ3n) is 3.12. The summed E-state index contributed by atoms with van der Waals surface area (Å²) in [5.41, 5.74) is 1.49. The summed E-state index contributed by atoms with van der Waals surface area (Å²) in [6.07, 6.45) is 0. The van der Waals surface area contributed by atoms with E-state index < -0.39 is 5.97 Å². The molecule has 6 nitrogen and oxygen atoms in total. The van der Waals surface area contributed by atoms with Crippen LogP contribution >= 0.6 is 12.2 Å². The van der Waals surface area contributed by atoms with E-state index in [0.717, 1.165) is 0 Å². The molecule has 0 aliphatic rings. The second kappa shape index (κ2) is 8.07. The van der Waals surface area contributed by atoms with Gasteiger partial charge in [-0.15, -0.1) is 0 Å². The fourth-order valence-electron chi connectivity index (χ4n) is 1.91. The molecule has 2 rings (SSSR count). The number of carbonyl (C=O) groups excluding carboxylic acids is 2. The summed E-state index contributed by atoms with van der Waals surface area (Å²) < 4.78 is 9.70. The molecule has 2 aromatic carbocycles. The van der Waals surface area contributed by atoms with Crippen molar-refractivity contribution >= 4 is 34.9 Å². The zero-order valence-electron chi connectivity index (χ0n) is 13.2. The van der Waals surface area contributed by atoms with Gasteiger partial charge in [0.25, 0.3) is 5.91 Å². The van der Waals surface area contributed by atoms with Gasteiger partial charge in [0, 0.05) is 11.3 Å². The van der Waals surface area contributed by atoms with E-state index in [4.69, 9.17) is 17.0 Å². The third kappa shape index (κ3) is 4.53. The lowest BCUT2D eigenvalue weighted by Gasteiger charge is -2.10. The fraction of sp³-hybridized carbons (Fsp3) is 0.118. The van der Waals surface area contributed by atoms with Crippen LogP contribution in [0.4, 0.5) is 5.69 Å². The van der Waals surface area contributed by atoms with Crippen LogP contribution in [0.3, 0.4) is 0 Å². The molecule has 0 heterocycles. The average molecular weight is 344 g/mol. The highest BCUT2D eigenvalue weighted by Gasteiger charge is 2.09. The lowest BCUT2D eigenvalue weighted by Crippen LogP contribution is -2.34. The van der Waals surface area contributed by atoms with Crippen LogP contribution in [0.5, 0.6) is 5.75 Å². The van der Waals surface area contributed by atoms with Gasteiger partial charge in [0.1, 0.15) is 5.75 Å². The molecule has 2 N–H and O–H groups in total. The molecule has 0 fully saturated rings. The topological polar surface area (TPSA) is 76.7 Å². The lowest BCUT2D eigenvalue weighted by molar-refractivity contribution is 0.0600. The number of ether oxygens (including phenoxy) is 2. The Morgan fingerprint density at radius 1 is 1.00 bits per heavy atom. The van der Waals surface area contributed by atoms with Crippen molar-refractivity contribution in [2.75, 3.05) is 19.5 Å². The van der Waals surface area contributed by atoms with Gasteiger partial charge in [-0.3, -0.25) is 10.1 Å². The molecule has 24 heavy (non-hydrogen) atoms. The van der Waals surface area contributed by atoms with Crippen LogP contribution in [-0.2, 0) is 4.74 Å². The van der Waals surface area contributed by atoms with E-state index in [2.05, 4.69) is 15.4 Å². The van der Waals surface area contributed by atoms with E-state index >= 15 is 0 Å². The summed E-state index contributed by atoms with van der Waals surface area (Å²) in [6, 6.07) is 13.3. The van der Waals surface area contributed by atoms with E-state index in [1.807, 2.05) is 0 Å². The highest BCUT2D eigenvalue weighted by atomic mass is 32.1. The number of hydrogen-bond acceptors (Lipinski definition) is 5. The molecule has 0 aromatic heterocycles. The summed E-state index contributed by atoms with van der Waals surface area (Å²) in [4.78, 5) is 23.5. The van der Waals surface area contributed by atoms with Crippen molar-refractivity contribution in [3.05, 3.63) is 59.7 Å². The number of esters is 1. The number of benzene rings is 2. The predicted octanol–water partition coefficient (Wildman–Crippen LogP) is 2.61. The van der Waals surface area contributed by atoms with Gasteiger partial charge in [0.2, 0.25) is 0 Å². The number of hydrogen-bond donors (Lipinski definition) is 2. The first kappa shape index (κ1) is 17.4. The van der Waals surface area contributed by atoms with Crippen LogP contribution in [0.25, 0.3) is 0 Å². The molecule has 0 aliphatic carbocycles. The van der Waals surface area contributed by atoms with E-state index in [1.54, 1.807) is 48.5 Å². The number of anilines is 1. The molecule has 0 aliphatic heterocycles. The first-order valence-corrected chi connectivity index (χ1v) is 7.39. The molecule has 1 amide bonds. The fourth-order valence-corrected chi connectivity index (χ4v) is 2.12. The molecule has 7 heteroatoms. The van der Waals surface area contributed by atoms with Gasteiger partial charge in [-0.1, -0.05) is 6.07 Å². The molecular formula is C17H16N2O4S. The Bertz CT molecular complexity index is 759. The van der Waals surface area contributed by atoms with Gasteiger partial charge >= 0.3 is 5.97 Å². The monoisotopic (exact) mass is 344 g/mol. The van der Waals surface area contributed by atoms with Crippen molar-refractivity contribution in [3.63, 3.8) is 0 Å². The van der Waals surface area contributed by atoms with E-state index in [1.165, 1.54) is 14.2 Å². The van der Waals surface area contributed by atoms with Crippen molar-refractivity contribution in [2.24, 2.45) is 0 Å². The molecule has 0 radical (unpaired) electrons. The van der Waals surface area contributed by atoms with Crippen molar-refractivity contribution in [1.29, 1.82) is 0 Å². The molecule has 0 saturated carbocycles. The van der Waals surface area contributed by atoms with Crippen LogP contribution in [0.2, 0.25) is 0 Å². The molecule has 0 unspecified atom stereocenters. The van der Waals surface area contributed by atoms with E-state index in [9.17, 15) is 9.59 Å². The van der Waals surface area contributed by atoms with Crippen molar-refractivity contribution in [3.8, 4) is 5.75 Å². The van der Waals surface area contributed by atoms with E-state index in [0.29, 0.717) is 22.6 Å². The van der Waals surface area contributed by atoms with Crippen molar-refractivity contribution in [2.45, 2.75) is 0 Å². The lowest BCUT2D eigenvalue weighted by atomic mass is 10.2. The summed E-state index contributed by atoms with van der Waals surface area (Å²) in [5.74, 6) is -0.187. The Morgan fingerprint density at radius 3 is 2.33 bits per heavy atom. The number of amides is 1. The second-order valence-corrected chi connectivity index (χ2v) is 5.12. The predicted molar refractivity (Wildman–Crippen MR) is 94.5 cm³/mol. The van der Waals surface area contributed by atoms with Crippen LogP contribution in [0.15, 0.2) is 48.5 Å². The van der Waals surface area contributed by atoms with Gasteiger partial charge in [-0.25, -0.2) is 4.79 Å². The molecule has 0 atom stereocenters. The Hall–Kier alpha value is -2.93. The summed E-state index contributed by atoms with van der Waals surface area (Å²) >= 11 is 5.11. The molecule has 0 saturated heterocycles. The third-order valence-corrected chi connectivity index (χ3v) is 3.33. The number of nitrogens with one attached hydrogen (secondary N) is 2. The quantitative estimate of drug-likeness (QED) is 0.656. The maximum atomic E-state index is 12.1. The molecular weight excluding hydrogens is 328 g/mol. The summed E-state index contributed by atoms with van der Waals surface area (Å²) in [5, 5.41) is 5.60.